The first-order valence-electron chi connectivity index (χ1n) is 8.06. The zero-order chi connectivity index (χ0) is 18.7. The van der Waals surface area contributed by atoms with Gasteiger partial charge < -0.3 is 19.7 Å². The molecular weight excluding hydrogens is 338 g/mol. The molecule has 0 saturated carbocycles. The first-order chi connectivity index (χ1) is 12.5. The first-order valence-corrected chi connectivity index (χ1v) is 8.06. The number of carbonyl (C=O) groups is 2. The highest BCUT2D eigenvalue weighted by Gasteiger charge is 2.24. The molecule has 2 aromatic carbocycles. The van der Waals surface area contributed by atoms with E-state index in [4.69, 9.17) is 0 Å². The summed E-state index contributed by atoms with van der Waals surface area (Å²) in [6, 6.07) is 12.3. The van der Waals surface area contributed by atoms with Gasteiger partial charge in [0.15, 0.2) is 0 Å². The number of carboxylic acids is 1. The number of hydrogen-bond donors (Lipinski definition) is 0. The number of rotatable bonds is 4. The molecule has 0 unspecified atom stereocenters. The van der Waals surface area contributed by atoms with Gasteiger partial charge in [-0.15, -0.1) is 0 Å². The number of aromatic carboxylic acids is 1. The topological polar surface area (TPSA) is 107 Å². The van der Waals surface area contributed by atoms with E-state index in [1.807, 2.05) is 4.90 Å². The molecule has 3 rings (SSSR count). The smallest absolute Gasteiger partial charge is 0.269 e. The van der Waals surface area contributed by atoms with Crippen molar-refractivity contribution in [1.29, 1.82) is 0 Å². The monoisotopic (exact) mass is 354 g/mol. The molecule has 8 heteroatoms. The molecule has 0 aliphatic carbocycles. The van der Waals surface area contributed by atoms with Gasteiger partial charge in [0.05, 0.1) is 10.9 Å². The van der Waals surface area contributed by atoms with Crippen LogP contribution in [0.5, 0.6) is 0 Å². The van der Waals surface area contributed by atoms with Gasteiger partial charge >= 0.3 is 0 Å². The van der Waals surface area contributed by atoms with Gasteiger partial charge in [-0.2, -0.15) is 0 Å². The molecular formula is C18H16N3O5-. The molecule has 0 atom stereocenters. The van der Waals surface area contributed by atoms with Crippen molar-refractivity contribution in [3.05, 3.63) is 69.8 Å². The van der Waals surface area contributed by atoms with E-state index in [-0.39, 0.29) is 22.7 Å². The number of nitro benzene ring substituents is 1. The summed E-state index contributed by atoms with van der Waals surface area (Å²) in [5, 5.41) is 21.9. The largest absolute Gasteiger partial charge is 0.545 e. The highest BCUT2D eigenvalue weighted by atomic mass is 16.6. The fourth-order valence-electron chi connectivity index (χ4n) is 2.97. The minimum atomic E-state index is -1.38. The molecule has 1 aliphatic rings. The van der Waals surface area contributed by atoms with Crippen LogP contribution in [0.15, 0.2) is 48.5 Å². The molecule has 134 valence electrons. The van der Waals surface area contributed by atoms with Crippen molar-refractivity contribution in [3.8, 4) is 0 Å². The molecule has 0 spiro atoms. The van der Waals surface area contributed by atoms with Gasteiger partial charge in [-0.1, -0.05) is 18.2 Å². The third-order valence-electron chi connectivity index (χ3n) is 4.37. The van der Waals surface area contributed by atoms with Gasteiger partial charge in [0.2, 0.25) is 0 Å². The van der Waals surface area contributed by atoms with Crippen LogP contribution >= 0.6 is 0 Å². The van der Waals surface area contributed by atoms with Crippen molar-refractivity contribution < 1.29 is 19.6 Å². The number of hydrogen-bond acceptors (Lipinski definition) is 6. The molecule has 2 aromatic rings. The third-order valence-corrected chi connectivity index (χ3v) is 4.37. The van der Waals surface area contributed by atoms with Gasteiger partial charge in [-0.05, 0) is 18.2 Å². The number of carboxylic acid groups (broad SMARTS) is 1. The van der Waals surface area contributed by atoms with E-state index in [9.17, 15) is 24.8 Å². The average Bonchev–Trinajstić information content (AvgIpc) is 2.67. The van der Waals surface area contributed by atoms with Gasteiger partial charge in [0.25, 0.3) is 11.6 Å². The van der Waals surface area contributed by atoms with Crippen molar-refractivity contribution in [3.63, 3.8) is 0 Å². The molecule has 0 N–H and O–H groups in total. The Hall–Kier alpha value is -3.42. The van der Waals surface area contributed by atoms with Crippen LogP contribution in [0, 0.1) is 10.1 Å². The molecule has 26 heavy (non-hydrogen) atoms. The summed E-state index contributed by atoms with van der Waals surface area (Å²) in [5.74, 6) is -1.72. The lowest BCUT2D eigenvalue weighted by atomic mass is 10.1. The van der Waals surface area contributed by atoms with E-state index in [1.165, 1.54) is 24.3 Å². The Balaban J connectivity index is 1.68. The SMILES string of the molecule is O=C([O-])c1ccccc1C(=O)N1CCN(c2ccc([N+](=O)[O-])cc2)CC1. The number of nitrogens with zero attached hydrogens (tertiary/aromatic N) is 3. The van der Waals surface area contributed by atoms with Gasteiger partial charge in [-0.3, -0.25) is 14.9 Å². The predicted octanol–water partition coefficient (Wildman–Crippen LogP) is 0.921. The summed E-state index contributed by atoms with van der Waals surface area (Å²) in [6.45, 7) is 1.96. The van der Waals surface area contributed by atoms with Gasteiger partial charge in [-0.25, -0.2) is 0 Å². The van der Waals surface area contributed by atoms with Crippen molar-refractivity contribution in [1.82, 2.24) is 4.90 Å². The second-order valence-corrected chi connectivity index (χ2v) is 5.89. The number of amides is 1. The van der Waals surface area contributed by atoms with Crippen molar-refractivity contribution in [2.45, 2.75) is 0 Å². The molecule has 1 fully saturated rings. The minimum absolute atomic E-state index is 0.0291. The fraction of sp³-hybridized carbons (Fsp3) is 0.222. The second kappa shape index (κ2) is 7.22. The quantitative estimate of drug-likeness (QED) is 0.597. The highest BCUT2D eigenvalue weighted by Crippen LogP contribution is 2.21. The van der Waals surface area contributed by atoms with Crippen molar-refractivity contribution >= 4 is 23.3 Å². The Labute approximate surface area is 149 Å². The summed E-state index contributed by atoms with van der Waals surface area (Å²) in [6.07, 6.45) is 0. The number of benzene rings is 2. The highest BCUT2D eigenvalue weighted by molar-refractivity contribution is 6.04. The Bertz CT molecular complexity index is 842. The minimum Gasteiger partial charge on any atom is -0.545 e. The lowest BCUT2D eigenvalue weighted by Gasteiger charge is -2.36. The normalized spacial score (nSPS) is 14.2. The van der Waals surface area contributed by atoms with Crippen LogP contribution in [-0.2, 0) is 0 Å². The molecule has 8 nitrogen and oxygen atoms in total. The Kier molecular flexibility index (Phi) is 4.83. The number of non-ortho nitro benzene ring substituents is 1. The molecule has 1 amide bonds. The summed E-state index contributed by atoms with van der Waals surface area (Å²) < 4.78 is 0. The van der Waals surface area contributed by atoms with E-state index in [0.29, 0.717) is 26.2 Å². The second-order valence-electron chi connectivity index (χ2n) is 5.89. The van der Waals surface area contributed by atoms with Crippen LogP contribution in [0.3, 0.4) is 0 Å². The maximum Gasteiger partial charge on any atom is 0.269 e. The molecule has 0 bridgehead atoms. The van der Waals surface area contributed by atoms with E-state index in [0.717, 1.165) is 5.69 Å². The summed E-state index contributed by atoms with van der Waals surface area (Å²) in [4.78, 5) is 37.7. The Morgan fingerprint density at radius 1 is 0.885 bits per heavy atom. The zero-order valence-corrected chi connectivity index (χ0v) is 13.8. The molecule has 1 aliphatic heterocycles. The van der Waals surface area contributed by atoms with Crippen molar-refractivity contribution in [2.24, 2.45) is 0 Å². The van der Waals surface area contributed by atoms with Gasteiger partial charge in [0, 0.05) is 55.1 Å². The summed E-state index contributed by atoms with van der Waals surface area (Å²) in [5.41, 5.74) is 0.880. The van der Waals surface area contributed by atoms with Crippen LogP contribution in [0.4, 0.5) is 11.4 Å². The molecule has 0 aromatic heterocycles. The third kappa shape index (κ3) is 3.49. The lowest BCUT2D eigenvalue weighted by molar-refractivity contribution is -0.384. The predicted molar refractivity (Wildman–Crippen MR) is 92.0 cm³/mol. The van der Waals surface area contributed by atoms with E-state index >= 15 is 0 Å². The Morgan fingerprint density at radius 2 is 1.46 bits per heavy atom. The number of piperazine rings is 1. The maximum absolute atomic E-state index is 12.6. The molecule has 0 radical (unpaired) electrons. The number of anilines is 1. The summed E-state index contributed by atoms with van der Waals surface area (Å²) >= 11 is 0. The van der Waals surface area contributed by atoms with Crippen LogP contribution in [0.25, 0.3) is 0 Å². The zero-order valence-electron chi connectivity index (χ0n) is 13.8. The van der Waals surface area contributed by atoms with Crippen LogP contribution in [0.1, 0.15) is 20.7 Å². The average molecular weight is 354 g/mol. The Morgan fingerprint density at radius 3 is 2.00 bits per heavy atom. The fourth-order valence-corrected chi connectivity index (χ4v) is 2.97. The maximum atomic E-state index is 12.6. The number of carbonyl (C=O) groups excluding carboxylic acids is 2. The van der Waals surface area contributed by atoms with Crippen LogP contribution in [0.2, 0.25) is 0 Å². The molecule has 1 saturated heterocycles. The molecule has 1 heterocycles. The van der Waals surface area contributed by atoms with Crippen molar-refractivity contribution in [2.75, 3.05) is 31.1 Å². The van der Waals surface area contributed by atoms with E-state index < -0.39 is 10.9 Å². The number of nitro groups is 1. The van der Waals surface area contributed by atoms with E-state index in [2.05, 4.69) is 0 Å². The van der Waals surface area contributed by atoms with E-state index in [1.54, 1.807) is 29.2 Å². The summed E-state index contributed by atoms with van der Waals surface area (Å²) in [7, 11) is 0. The standard InChI is InChI=1S/C18H17N3O5/c22-17(15-3-1-2-4-16(15)18(23)24)20-11-9-19(10-12-20)13-5-7-14(8-6-13)21(25)26/h1-8H,9-12H2,(H,23,24)/p-1. The van der Waals surface area contributed by atoms with Crippen LogP contribution < -0.4 is 10.0 Å². The lowest BCUT2D eigenvalue weighted by Crippen LogP contribution is -2.49. The van der Waals surface area contributed by atoms with Crippen LogP contribution in [-0.4, -0.2) is 47.9 Å². The van der Waals surface area contributed by atoms with Gasteiger partial charge in [0.1, 0.15) is 0 Å². The first kappa shape index (κ1) is 17.4.